The predicted octanol–water partition coefficient (Wildman–Crippen LogP) is 4.95. The summed E-state index contributed by atoms with van der Waals surface area (Å²) in [5.74, 6) is 0.496. The Bertz CT molecular complexity index is 1740. The van der Waals surface area contributed by atoms with Crippen LogP contribution in [0.4, 0.5) is 17.1 Å². The Hall–Kier alpha value is -4.49. The van der Waals surface area contributed by atoms with E-state index in [1.807, 2.05) is 47.6 Å². The van der Waals surface area contributed by atoms with Crippen molar-refractivity contribution in [3.05, 3.63) is 106 Å². The van der Waals surface area contributed by atoms with E-state index in [-0.39, 0.29) is 17.8 Å². The Kier molecular flexibility index (Phi) is 7.41. The SMILES string of the molecule is COc1ccc([N+](=O)[O-])cc1-n1c(C)cc([C@@H]2[C@@H](c3ccccn3)NC(=S)N2c2ccc(NS(C)(=O)=O)cc2)c1C. The molecule has 0 radical (unpaired) electrons. The van der Waals surface area contributed by atoms with Crippen LogP contribution >= 0.6 is 12.2 Å². The molecular weight excluding hydrogens is 564 g/mol. The monoisotopic (exact) mass is 592 g/mol. The number of hydrogen-bond acceptors (Lipinski definition) is 7. The molecule has 1 fully saturated rings. The second-order valence-corrected chi connectivity index (χ2v) is 11.8. The third kappa shape index (κ3) is 5.45. The lowest BCUT2D eigenvalue weighted by Gasteiger charge is -2.28. The summed E-state index contributed by atoms with van der Waals surface area (Å²) in [6.07, 6.45) is 2.82. The van der Waals surface area contributed by atoms with Gasteiger partial charge >= 0.3 is 0 Å². The minimum Gasteiger partial charge on any atom is -0.495 e. The second-order valence-electron chi connectivity index (χ2n) is 9.69. The number of nitro benzene ring substituents is 1. The van der Waals surface area contributed by atoms with Gasteiger partial charge in [-0.1, -0.05) is 6.07 Å². The van der Waals surface area contributed by atoms with Gasteiger partial charge in [-0.15, -0.1) is 0 Å². The molecule has 0 unspecified atom stereocenters. The van der Waals surface area contributed by atoms with Crippen molar-refractivity contribution in [3.8, 4) is 11.4 Å². The minimum absolute atomic E-state index is 0.0469. The molecule has 0 amide bonds. The first-order chi connectivity index (χ1) is 19.5. The van der Waals surface area contributed by atoms with Gasteiger partial charge in [0.2, 0.25) is 10.0 Å². The number of ether oxygens (including phenoxy) is 1. The van der Waals surface area contributed by atoms with Crippen molar-refractivity contribution in [1.82, 2.24) is 14.9 Å². The first-order valence-electron chi connectivity index (χ1n) is 12.6. The maximum atomic E-state index is 11.7. The molecule has 2 N–H and O–H groups in total. The molecule has 1 saturated heterocycles. The van der Waals surface area contributed by atoms with Gasteiger partial charge in [0.05, 0.1) is 41.8 Å². The first-order valence-corrected chi connectivity index (χ1v) is 14.9. The van der Waals surface area contributed by atoms with Gasteiger partial charge in [-0.05, 0) is 80.2 Å². The van der Waals surface area contributed by atoms with Crippen molar-refractivity contribution in [1.29, 1.82) is 0 Å². The number of nitrogens with zero attached hydrogens (tertiary/aromatic N) is 4. The number of methoxy groups -OCH3 is 1. The van der Waals surface area contributed by atoms with E-state index in [1.54, 1.807) is 36.5 Å². The predicted molar refractivity (Wildman–Crippen MR) is 161 cm³/mol. The lowest BCUT2D eigenvalue weighted by molar-refractivity contribution is -0.384. The van der Waals surface area contributed by atoms with Gasteiger partial charge in [-0.3, -0.25) is 19.8 Å². The summed E-state index contributed by atoms with van der Waals surface area (Å²) in [5.41, 5.74) is 5.10. The number of rotatable bonds is 8. The number of thiocarbonyl (C=S) groups is 1. The Balaban J connectivity index is 1.66. The van der Waals surface area contributed by atoms with Crippen molar-refractivity contribution in [2.24, 2.45) is 0 Å². The smallest absolute Gasteiger partial charge is 0.271 e. The highest BCUT2D eigenvalue weighted by Crippen LogP contribution is 2.44. The number of aryl methyl sites for hydroxylation is 1. The highest BCUT2D eigenvalue weighted by molar-refractivity contribution is 7.92. The van der Waals surface area contributed by atoms with E-state index < -0.39 is 14.9 Å². The molecule has 0 saturated carbocycles. The first kappa shape index (κ1) is 28.1. The molecule has 4 aromatic rings. The minimum atomic E-state index is -3.43. The fourth-order valence-corrected chi connectivity index (χ4v) is 6.19. The summed E-state index contributed by atoms with van der Waals surface area (Å²) >= 11 is 5.83. The normalized spacial score (nSPS) is 16.9. The van der Waals surface area contributed by atoms with Crippen LogP contribution in [0.3, 0.4) is 0 Å². The molecule has 3 heterocycles. The number of nitrogens with one attached hydrogen (secondary N) is 2. The van der Waals surface area contributed by atoms with E-state index in [0.29, 0.717) is 22.2 Å². The van der Waals surface area contributed by atoms with Gasteiger partial charge in [-0.25, -0.2) is 8.42 Å². The van der Waals surface area contributed by atoms with Gasteiger partial charge in [0.15, 0.2) is 5.11 Å². The summed E-state index contributed by atoms with van der Waals surface area (Å²) < 4.78 is 33.4. The van der Waals surface area contributed by atoms with Crippen LogP contribution in [0.25, 0.3) is 5.69 Å². The summed E-state index contributed by atoms with van der Waals surface area (Å²) in [5, 5.41) is 15.5. The average Bonchev–Trinajstić information content (AvgIpc) is 3.43. The molecule has 11 nitrogen and oxygen atoms in total. The van der Waals surface area contributed by atoms with Crippen LogP contribution in [-0.4, -0.2) is 41.4 Å². The van der Waals surface area contributed by atoms with Crippen LogP contribution in [0.15, 0.2) is 72.9 Å². The van der Waals surface area contributed by atoms with Crippen molar-refractivity contribution < 1.29 is 18.1 Å². The molecule has 1 aliphatic rings. The number of pyridine rings is 1. The Morgan fingerprint density at radius 3 is 2.44 bits per heavy atom. The molecule has 0 spiro atoms. The zero-order chi connectivity index (χ0) is 29.5. The summed E-state index contributed by atoms with van der Waals surface area (Å²) in [4.78, 5) is 17.7. The lowest BCUT2D eigenvalue weighted by atomic mass is 9.96. The van der Waals surface area contributed by atoms with Gasteiger partial charge < -0.3 is 19.5 Å². The Morgan fingerprint density at radius 2 is 1.83 bits per heavy atom. The Labute approximate surface area is 243 Å². The highest BCUT2D eigenvalue weighted by Gasteiger charge is 2.42. The number of non-ortho nitro benzene ring substituents is 1. The maximum absolute atomic E-state index is 11.7. The summed E-state index contributed by atoms with van der Waals surface area (Å²) in [6.45, 7) is 3.88. The van der Waals surface area contributed by atoms with Crippen LogP contribution in [0.1, 0.15) is 34.7 Å². The van der Waals surface area contributed by atoms with E-state index in [1.165, 1.54) is 19.2 Å². The van der Waals surface area contributed by atoms with Gasteiger partial charge in [0, 0.05) is 41.1 Å². The summed E-state index contributed by atoms with van der Waals surface area (Å²) in [6, 6.07) is 18.5. The van der Waals surface area contributed by atoms with E-state index >= 15 is 0 Å². The number of anilines is 2. The Morgan fingerprint density at radius 1 is 1.10 bits per heavy atom. The molecule has 212 valence electrons. The number of nitro groups is 1. The fourth-order valence-electron chi connectivity index (χ4n) is 5.28. The summed E-state index contributed by atoms with van der Waals surface area (Å²) in [7, 11) is -1.90. The molecule has 2 aromatic heterocycles. The highest BCUT2D eigenvalue weighted by atomic mass is 32.2. The number of benzene rings is 2. The number of hydrogen-bond donors (Lipinski definition) is 2. The number of aromatic nitrogens is 2. The molecule has 2 atom stereocenters. The van der Waals surface area contributed by atoms with Crippen LogP contribution in [0.5, 0.6) is 5.75 Å². The topological polar surface area (TPSA) is 132 Å². The second kappa shape index (κ2) is 10.8. The van der Waals surface area contributed by atoms with E-state index in [0.717, 1.165) is 34.6 Å². The zero-order valence-electron chi connectivity index (χ0n) is 22.7. The van der Waals surface area contributed by atoms with Crippen LogP contribution in [-0.2, 0) is 10.0 Å². The molecule has 0 bridgehead atoms. The fraction of sp³-hybridized carbons (Fsp3) is 0.214. The van der Waals surface area contributed by atoms with Gasteiger partial charge in [-0.2, -0.15) is 0 Å². The van der Waals surface area contributed by atoms with Crippen molar-refractivity contribution >= 4 is 44.4 Å². The quantitative estimate of drug-likeness (QED) is 0.166. The third-order valence-corrected chi connectivity index (χ3v) is 7.87. The van der Waals surface area contributed by atoms with Crippen molar-refractivity contribution in [2.45, 2.75) is 25.9 Å². The largest absolute Gasteiger partial charge is 0.495 e. The number of sulfonamides is 1. The molecule has 1 aliphatic heterocycles. The van der Waals surface area contributed by atoms with E-state index in [4.69, 9.17) is 17.0 Å². The molecule has 13 heteroatoms. The molecule has 0 aliphatic carbocycles. The maximum Gasteiger partial charge on any atom is 0.271 e. The van der Waals surface area contributed by atoms with Gasteiger partial charge in [0.25, 0.3) is 5.69 Å². The van der Waals surface area contributed by atoms with Crippen molar-refractivity contribution in [3.63, 3.8) is 0 Å². The molecule has 5 rings (SSSR count). The molecule has 41 heavy (non-hydrogen) atoms. The third-order valence-electron chi connectivity index (χ3n) is 6.95. The molecular formula is C28H28N6O5S2. The van der Waals surface area contributed by atoms with Crippen molar-refractivity contribution in [2.75, 3.05) is 23.0 Å². The lowest BCUT2D eigenvalue weighted by Crippen LogP contribution is -2.29. The zero-order valence-corrected chi connectivity index (χ0v) is 24.4. The van der Waals surface area contributed by atoms with Crippen LogP contribution in [0, 0.1) is 24.0 Å². The van der Waals surface area contributed by atoms with Crippen LogP contribution in [0.2, 0.25) is 0 Å². The average molecular weight is 593 g/mol. The van der Waals surface area contributed by atoms with Gasteiger partial charge in [0.1, 0.15) is 5.75 Å². The van der Waals surface area contributed by atoms with E-state index in [9.17, 15) is 18.5 Å². The standard InChI is InChI=1S/C28H28N6O5S2/c1-17-15-22(18(2)32(17)24-16-21(34(35)36)12-13-25(24)39-3)27-26(23-7-5-6-14-29-23)30-28(40)33(27)20-10-8-19(9-11-20)31-41(4,37)38/h5-16,26-27,31H,1-4H3,(H,30,40)/t26-,27-/m1/s1. The van der Waals surface area contributed by atoms with Crippen LogP contribution < -0.4 is 19.7 Å². The van der Waals surface area contributed by atoms with E-state index in [2.05, 4.69) is 15.0 Å². The molecule has 2 aromatic carbocycles.